The van der Waals surface area contributed by atoms with Gasteiger partial charge < -0.3 is 5.73 Å². The van der Waals surface area contributed by atoms with Crippen molar-refractivity contribution in [3.05, 3.63) is 55.7 Å². The minimum absolute atomic E-state index is 0.176. The quantitative estimate of drug-likeness (QED) is 0.562. The first-order chi connectivity index (χ1) is 8.95. The fraction of sp³-hybridized carbons (Fsp3) is 0.0769. The molecule has 0 radical (unpaired) electrons. The first-order valence-corrected chi connectivity index (χ1v) is 6.78. The highest BCUT2D eigenvalue weighted by atomic mass is 35.5. The van der Waals surface area contributed by atoms with Crippen molar-refractivity contribution >= 4 is 46.4 Å². The van der Waals surface area contributed by atoms with Gasteiger partial charge in [-0.1, -0.05) is 52.5 Å². The molecule has 100 valence electrons. The van der Waals surface area contributed by atoms with E-state index in [-0.39, 0.29) is 21.6 Å². The van der Waals surface area contributed by atoms with Gasteiger partial charge in [0.1, 0.15) is 5.82 Å². The highest BCUT2D eigenvalue weighted by molar-refractivity contribution is 6.51. The Balaban J connectivity index is 2.79. The Morgan fingerprint density at radius 2 is 1.63 bits per heavy atom. The maximum atomic E-state index is 13.4. The van der Waals surface area contributed by atoms with Crippen LogP contribution < -0.4 is 5.73 Å². The molecule has 0 aliphatic rings. The number of hydrogen-bond donors (Lipinski definition) is 1. The molecular weight excluding hydrogens is 331 g/mol. The van der Waals surface area contributed by atoms with Crippen LogP contribution in [0.4, 0.5) is 4.39 Å². The molecule has 0 fully saturated rings. The van der Waals surface area contributed by atoms with Gasteiger partial charge in [0.2, 0.25) is 0 Å². The van der Waals surface area contributed by atoms with Gasteiger partial charge in [0.15, 0.2) is 0 Å². The molecule has 0 aromatic heterocycles. The van der Waals surface area contributed by atoms with Crippen molar-refractivity contribution in [1.82, 2.24) is 0 Å². The third-order valence-electron chi connectivity index (χ3n) is 2.68. The number of rotatable bonds is 2. The minimum Gasteiger partial charge on any atom is -0.326 e. The lowest BCUT2D eigenvalue weighted by molar-refractivity contribution is 0.627. The fourth-order valence-electron chi connectivity index (χ4n) is 1.77. The Labute approximate surface area is 130 Å². The van der Waals surface area contributed by atoms with E-state index in [1.54, 1.807) is 6.07 Å². The fourth-order valence-corrected chi connectivity index (χ4v) is 2.89. The Kier molecular flexibility index (Phi) is 4.59. The van der Waals surface area contributed by atoms with E-state index in [0.29, 0.717) is 21.7 Å². The van der Waals surface area contributed by atoms with Crippen molar-refractivity contribution in [1.29, 1.82) is 0 Å². The van der Waals surface area contributed by atoms with Gasteiger partial charge in [-0.15, -0.1) is 0 Å². The van der Waals surface area contributed by atoms with E-state index in [2.05, 4.69) is 0 Å². The Bertz CT molecular complexity index is 643. The topological polar surface area (TPSA) is 26.0 Å². The van der Waals surface area contributed by atoms with Gasteiger partial charge in [-0.05, 0) is 29.3 Å². The summed E-state index contributed by atoms with van der Waals surface area (Å²) in [6.07, 6.45) is 0. The molecule has 0 unspecified atom stereocenters. The lowest BCUT2D eigenvalue weighted by atomic mass is 9.99. The number of halogens is 5. The summed E-state index contributed by atoms with van der Waals surface area (Å²) in [6, 6.07) is 5.70. The van der Waals surface area contributed by atoms with E-state index in [9.17, 15) is 4.39 Å². The van der Waals surface area contributed by atoms with E-state index < -0.39 is 5.82 Å². The van der Waals surface area contributed by atoms with Crippen LogP contribution in [0.25, 0.3) is 11.1 Å². The van der Waals surface area contributed by atoms with Crippen LogP contribution in [0, 0.1) is 5.82 Å². The molecule has 0 saturated carbocycles. The lowest BCUT2D eigenvalue weighted by Crippen LogP contribution is -2.00. The number of nitrogens with two attached hydrogens (primary N) is 1. The molecule has 6 heteroatoms. The van der Waals surface area contributed by atoms with Gasteiger partial charge in [-0.3, -0.25) is 0 Å². The van der Waals surface area contributed by atoms with Gasteiger partial charge in [0.25, 0.3) is 0 Å². The summed E-state index contributed by atoms with van der Waals surface area (Å²) in [4.78, 5) is 0. The molecule has 0 bridgehead atoms. The number of benzene rings is 2. The van der Waals surface area contributed by atoms with E-state index in [0.717, 1.165) is 0 Å². The normalized spacial score (nSPS) is 10.8. The summed E-state index contributed by atoms with van der Waals surface area (Å²) < 4.78 is 13.4. The zero-order valence-electron chi connectivity index (χ0n) is 9.48. The predicted molar refractivity (Wildman–Crippen MR) is 79.8 cm³/mol. The molecule has 2 aromatic carbocycles. The summed E-state index contributed by atoms with van der Waals surface area (Å²) in [5, 5.41) is 0.889. The van der Waals surface area contributed by atoms with Gasteiger partial charge in [-0.2, -0.15) is 0 Å². The van der Waals surface area contributed by atoms with Gasteiger partial charge >= 0.3 is 0 Å². The zero-order chi connectivity index (χ0) is 14.2. The third-order valence-corrected chi connectivity index (χ3v) is 4.24. The summed E-state index contributed by atoms with van der Waals surface area (Å²) >= 11 is 24.2. The molecule has 0 saturated heterocycles. The second kappa shape index (κ2) is 5.86. The molecule has 2 rings (SSSR count). The molecule has 1 nitrogen and oxygen atoms in total. The standard InChI is InChI=1S/C13H8Cl4FN/c14-9-4-10(15)12(16)13(17)11(9)8-3-7(18)2-1-6(8)5-19/h1-4H,5,19H2. The average molecular weight is 339 g/mol. The average Bonchev–Trinajstić information content (AvgIpc) is 2.36. The summed E-state index contributed by atoms with van der Waals surface area (Å²) in [6.45, 7) is 0.225. The van der Waals surface area contributed by atoms with E-state index >= 15 is 0 Å². The Morgan fingerprint density at radius 1 is 0.947 bits per heavy atom. The van der Waals surface area contributed by atoms with E-state index in [1.165, 1.54) is 18.2 Å². The second-order valence-corrected chi connectivity index (χ2v) is 5.42. The molecule has 19 heavy (non-hydrogen) atoms. The maximum Gasteiger partial charge on any atom is 0.123 e. The third kappa shape index (κ3) is 2.83. The van der Waals surface area contributed by atoms with Crippen molar-refractivity contribution in [2.45, 2.75) is 6.54 Å². The summed E-state index contributed by atoms with van der Waals surface area (Å²) in [5.41, 5.74) is 7.29. The van der Waals surface area contributed by atoms with Crippen LogP contribution in [0.5, 0.6) is 0 Å². The van der Waals surface area contributed by atoms with Crippen LogP contribution in [-0.4, -0.2) is 0 Å². The Morgan fingerprint density at radius 3 is 2.26 bits per heavy atom. The molecule has 0 heterocycles. The van der Waals surface area contributed by atoms with Crippen molar-refractivity contribution in [2.24, 2.45) is 5.73 Å². The summed E-state index contributed by atoms with van der Waals surface area (Å²) in [5.74, 6) is -0.412. The molecule has 0 aliphatic heterocycles. The van der Waals surface area contributed by atoms with Crippen LogP contribution in [-0.2, 0) is 6.54 Å². The predicted octanol–water partition coefficient (Wildman–Crippen LogP) is 5.57. The van der Waals surface area contributed by atoms with Crippen LogP contribution in [0.3, 0.4) is 0 Å². The van der Waals surface area contributed by atoms with Gasteiger partial charge in [0, 0.05) is 12.1 Å². The first-order valence-electron chi connectivity index (χ1n) is 5.27. The maximum absolute atomic E-state index is 13.4. The molecule has 2 aromatic rings. The van der Waals surface area contributed by atoms with Crippen LogP contribution >= 0.6 is 46.4 Å². The van der Waals surface area contributed by atoms with Crippen molar-refractivity contribution in [2.75, 3.05) is 0 Å². The smallest absolute Gasteiger partial charge is 0.123 e. The molecular formula is C13H8Cl4FN. The van der Waals surface area contributed by atoms with Gasteiger partial charge in [-0.25, -0.2) is 4.39 Å². The van der Waals surface area contributed by atoms with Gasteiger partial charge in [0.05, 0.1) is 20.1 Å². The van der Waals surface area contributed by atoms with E-state index in [1.807, 2.05) is 0 Å². The highest BCUT2D eigenvalue weighted by Crippen LogP contribution is 2.44. The minimum atomic E-state index is -0.412. The SMILES string of the molecule is NCc1ccc(F)cc1-c1c(Cl)cc(Cl)c(Cl)c1Cl. The molecule has 0 amide bonds. The lowest BCUT2D eigenvalue weighted by Gasteiger charge is -2.13. The highest BCUT2D eigenvalue weighted by Gasteiger charge is 2.18. The summed E-state index contributed by atoms with van der Waals surface area (Å²) in [7, 11) is 0. The second-order valence-electron chi connectivity index (χ2n) is 3.85. The van der Waals surface area contributed by atoms with Crippen LogP contribution in [0.1, 0.15) is 5.56 Å². The monoisotopic (exact) mass is 337 g/mol. The van der Waals surface area contributed by atoms with Crippen molar-refractivity contribution in [3.63, 3.8) is 0 Å². The first kappa shape index (κ1) is 14.9. The molecule has 0 spiro atoms. The number of hydrogen-bond acceptors (Lipinski definition) is 1. The van der Waals surface area contributed by atoms with Crippen LogP contribution in [0.2, 0.25) is 20.1 Å². The van der Waals surface area contributed by atoms with E-state index in [4.69, 9.17) is 52.1 Å². The van der Waals surface area contributed by atoms with Crippen molar-refractivity contribution < 1.29 is 4.39 Å². The molecule has 2 N–H and O–H groups in total. The Hall–Kier alpha value is -0.510. The molecule has 0 atom stereocenters. The largest absolute Gasteiger partial charge is 0.326 e. The van der Waals surface area contributed by atoms with Crippen molar-refractivity contribution in [3.8, 4) is 11.1 Å². The van der Waals surface area contributed by atoms with Crippen LogP contribution in [0.15, 0.2) is 24.3 Å². The zero-order valence-corrected chi connectivity index (χ0v) is 12.5. The molecule has 0 aliphatic carbocycles.